The predicted octanol–water partition coefficient (Wildman–Crippen LogP) is 1.70. The van der Waals surface area contributed by atoms with Crippen LogP contribution >= 0.6 is 0 Å². The monoisotopic (exact) mass is 290 g/mol. The molecule has 1 saturated heterocycles. The molecule has 1 atom stereocenters. The van der Waals surface area contributed by atoms with Crippen LogP contribution in [0.1, 0.15) is 24.5 Å². The van der Waals surface area contributed by atoms with E-state index in [4.69, 9.17) is 5.11 Å². The van der Waals surface area contributed by atoms with Crippen molar-refractivity contribution in [2.75, 3.05) is 33.3 Å². The van der Waals surface area contributed by atoms with E-state index < -0.39 is 0 Å². The number of aliphatic hydroxyl groups excluding tert-OH is 1. The highest BCUT2D eigenvalue weighted by Gasteiger charge is 2.21. The van der Waals surface area contributed by atoms with Crippen LogP contribution in [-0.2, 0) is 6.54 Å². The second kappa shape index (κ2) is 7.56. The van der Waals surface area contributed by atoms with Crippen LogP contribution in [0.5, 0.6) is 0 Å². The molecule has 21 heavy (non-hydrogen) atoms. The van der Waals surface area contributed by atoms with E-state index >= 15 is 0 Å². The van der Waals surface area contributed by atoms with E-state index in [2.05, 4.69) is 35.6 Å². The van der Waals surface area contributed by atoms with E-state index in [9.17, 15) is 4.39 Å². The first-order valence-corrected chi connectivity index (χ1v) is 7.41. The van der Waals surface area contributed by atoms with Gasteiger partial charge in [0.25, 0.3) is 0 Å². The molecule has 0 spiro atoms. The van der Waals surface area contributed by atoms with Crippen LogP contribution in [0.25, 0.3) is 0 Å². The van der Waals surface area contributed by atoms with E-state index in [1.165, 1.54) is 12.1 Å². The number of benzene rings is 1. The molecule has 1 heterocycles. The number of aliphatic hydroxyl groups is 1. The highest BCUT2D eigenvalue weighted by molar-refractivity contribution is 5.41. The Bertz CT molecular complexity index is 535. The van der Waals surface area contributed by atoms with Gasteiger partial charge < -0.3 is 10.0 Å². The van der Waals surface area contributed by atoms with Gasteiger partial charge in [-0.2, -0.15) is 0 Å². The van der Waals surface area contributed by atoms with Gasteiger partial charge in [-0.25, -0.2) is 4.39 Å². The fourth-order valence-electron chi connectivity index (χ4n) is 2.52. The van der Waals surface area contributed by atoms with Crippen molar-refractivity contribution in [2.45, 2.75) is 25.9 Å². The van der Waals surface area contributed by atoms with Gasteiger partial charge >= 0.3 is 0 Å². The Morgan fingerprint density at radius 2 is 2.19 bits per heavy atom. The second-order valence-corrected chi connectivity index (χ2v) is 5.64. The average molecular weight is 290 g/mol. The topological polar surface area (TPSA) is 26.7 Å². The molecule has 3 nitrogen and oxygen atoms in total. The van der Waals surface area contributed by atoms with Crippen molar-refractivity contribution in [3.8, 4) is 11.8 Å². The summed E-state index contributed by atoms with van der Waals surface area (Å²) in [6, 6.07) is 5.33. The van der Waals surface area contributed by atoms with Crippen LogP contribution in [-0.4, -0.2) is 54.2 Å². The minimum absolute atomic E-state index is 0.0353. The van der Waals surface area contributed by atoms with Crippen LogP contribution in [0.2, 0.25) is 0 Å². The van der Waals surface area contributed by atoms with Gasteiger partial charge in [0.15, 0.2) is 0 Å². The summed E-state index contributed by atoms with van der Waals surface area (Å²) in [5.41, 5.74) is 1.79. The number of hydrogen-bond donors (Lipinski definition) is 1. The number of halogens is 1. The minimum Gasteiger partial charge on any atom is -0.395 e. The van der Waals surface area contributed by atoms with Gasteiger partial charge in [0.2, 0.25) is 0 Å². The molecule has 1 N–H and O–H groups in total. The summed E-state index contributed by atoms with van der Waals surface area (Å²) in [5, 5.41) is 8.79. The quantitative estimate of drug-likeness (QED) is 0.858. The third-order valence-corrected chi connectivity index (χ3v) is 3.97. The van der Waals surface area contributed by atoms with Gasteiger partial charge in [0.1, 0.15) is 5.82 Å². The summed E-state index contributed by atoms with van der Waals surface area (Å²) in [7, 11) is 2.14. The molecule has 0 aliphatic carbocycles. The molecule has 1 aromatic carbocycles. The maximum atomic E-state index is 13.4. The van der Waals surface area contributed by atoms with Crippen molar-refractivity contribution in [3.63, 3.8) is 0 Å². The third-order valence-electron chi connectivity index (χ3n) is 3.97. The van der Waals surface area contributed by atoms with Crippen molar-refractivity contribution in [3.05, 3.63) is 35.1 Å². The van der Waals surface area contributed by atoms with Crippen molar-refractivity contribution in [1.29, 1.82) is 0 Å². The average Bonchev–Trinajstić information content (AvgIpc) is 2.46. The molecule has 2 rings (SSSR count). The van der Waals surface area contributed by atoms with Crippen molar-refractivity contribution in [1.82, 2.24) is 9.80 Å². The molecule has 4 heteroatoms. The molecule has 1 aromatic rings. The molecule has 114 valence electrons. The first-order valence-electron chi connectivity index (χ1n) is 7.41. The van der Waals surface area contributed by atoms with Crippen molar-refractivity contribution in [2.24, 2.45) is 0 Å². The minimum atomic E-state index is -0.265. The van der Waals surface area contributed by atoms with Gasteiger partial charge in [0.05, 0.1) is 6.61 Å². The Hall–Kier alpha value is -1.41. The molecule has 0 saturated carbocycles. The van der Waals surface area contributed by atoms with E-state index in [0.717, 1.165) is 37.3 Å². The Balaban J connectivity index is 2.11. The summed E-state index contributed by atoms with van der Waals surface area (Å²) in [6.45, 7) is 6.13. The Kier molecular flexibility index (Phi) is 5.75. The molecule has 0 aromatic heterocycles. The first kappa shape index (κ1) is 16.0. The zero-order valence-electron chi connectivity index (χ0n) is 12.8. The van der Waals surface area contributed by atoms with Gasteiger partial charge in [-0.05, 0) is 31.7 Å². The van der Waals surface area contributed by atoms with Crippen LogP contribution in [0, 0.1) is 17.7 Å². The smallest absolute Gasteiger partial charge is 0.124 e. The Labute approximate surface area is 126 Å². The highest BCUT2D eigenvalue weighted by Crippen LogP contribution is 2.16. The molecule has 1 aliphatic heterocycles. The lowest BCUT2D eigenvalue weighted by Gasteiger charge is -2.37. The summed E-state index contributed by atoms with van der Waals surface area (Å²) >= 11 is 0. The van der Waals surface area contributed by atoms with Crippen LogP contribution in [0.15, 0.2) is 18.2 Å². The SMILES string of the molecule is CC1CN(Cc2ccc(F)cc2C#CCCO)CCN1C. The second-order valence-electron chi connectivity index (χ2n) is 5.64. The van der Waals surface area contributed by atoms with Crippen LogP contribution < -0.4 is 0 Å². The Morgan fingerprint density at radius 3 is 2.90 bits per heavy atom. The molecule has 0 amide bonds. The first-order chi connectivity index (χ1) is 10.1. The molecular weight excluding hydrogens is 267 g/mol. The fourth-order valence-corrected chi connectivity index (χ4v) is 2.52. The molecule has 0 bridgehead atoms. The largest absolute Gasteiger partial charge is 0.395 e. The van der Waals surface area contributed by atoms with Crippen molar-refractivity contribution < 1.29 is 9.50 Å². The zero-order chi connectivity index (χ0) is 15.2. The summed E-state index contributed by atoms with van der Waals surface area (Å²) in [5.74, 6) is 5.59. The number of hydrogen-bond acceptors (Lipinski definition) is 3. The molecule has 1 unspecified atom stereocenters. The lowest BCUT2D eigenvalue weighted by Crippen LogP contribution is -2.49. The standard InChI is InChI=1S/C17H23FN2O/c1-14-12-20(9-8-19(14)2)13-16-6-7-17(18)11-15(16)5-3-4-10-21/h6-7,11,14,21H,4,8-10,12-13H2,1-2H3. The van der Waals surface area contributed by atoms with E-state index in [1.807, 2.05) is 6.07 Å². The van der Waals surface area contributed by atoms with Crippen LogP contribution in [0.4, 0.5) is 4.39 Å². The normalized spacial score (nSPS) is 20.1. The van der Waals surface area contributed by atoms with Gasteiger partial charge in [0, 0.05) is 44.2 Å². The van der Waals surface area contributed by atoms with E-state index in [-0.39, 0.29) is 12.4 Å². The fraction of sp³-hybridized carbons (Fsp3) is 0.529. The molecule has 0 radical (unpaired) electrons. The maximum Gasteiger partial charge on any atom is 0.124 e. The van der Waals surface area contributed by atoms with Crippen LogP contribution in [0.3, 0.4) is 0 Å². The number of piperazine rings is 1. The maximum absolute atomic E-state index is 13.4. The number of likely N-dealkylation sites (N-methyl/N-ethyl adjacent to an activating group) is 1. The van der Waals surface area contributed by atoms with E-state index in [1.54, 1.807) is 0 Å². The number of rotatable bonds is 3. The number of nitrogens with zero attached hydrogens (tertiary/aromatic N) is 2. The predicted molar refractivity (Wildman–Crippen MR) is 82.3 cm³/mol. The lowest BCUT2D eigenvalue weighted by molar-refractivity contribution is 0.0999. The zero-order valence-corrected chi connectivity index (χ0v) is 12.8. The summed E-state index contributed by atoms with van der Waals surface area (Å²) in [6.07, 6.45) is 0.418. The third kappa shape index (κ3) is 4.53. The molecule has 1 fully saturated rings. The Morgan fingerprint density at radius 1 is 1.38 bits per heavy atom. The summed E-state index contributed by atoms with van der Waals surface area (Å²) in [4.78, 5) is 4.73. The lowest BCUT2D eigenvalue weighted by atomic mass is 10.1. The van der Waals surface area contributed by atoms with Gasteiger partial charge in [-0.15, -0.1) is 0 Å². The molecule has 1 aliphatic rings. The van der Waals surface area contributed by atoms with Gasteiger partial charge in [-0.3, -0.25) is 4.90 Å². The van der Waals surface area contributed by atoms with Crippen molar-refractivity contribution >= 4 is 0 Å². The highest BCUT2D eigenvalue weighted by atomic mass is 19.1. The summed E-state index contributed by atoms with van der Waals surface area (Å²) < 4.78 is 13.4. The van der Waals surface area contributed by atoms with Gasteiger partial charge in [-0.1, -0.05) is 17.9 Å². The molecular formula is C17H23FN2O. The van der Waals surface area contributed by atoms with E-state index in [0.29, 0.717) is 12.5 Å².